The van der Waals surface area contributed by atoms with Crippen LogP contribution in [-0.2, 0) is 22.9 Å². The van der Waals surface area contributed by atoms with Crippen LogP contribution >= 0.6 is 0 Å². The summed E-state index contributed by atoms with van der Waals surface area (Å²) in [6.45, 7) is 9.03. The summed E-state index contributed by atoms with van der Waals surface area (Å²) < 4.78 is 40.7. The van der Waals surface area contributed by atoms with Crippen LogP contribution < -0.4 is 4.90 Å². The molecule has 2 saturated carbocycles. The number of rotatable bonds is 5. The van der Waals surface area contributed by atoms with Crippen molar-refractivity contribution in [2.24, 2.45) is 23.2 Å². The molecule has 2 heterocycles. The summed E-state index contributed by atoms with van der Waals surface area (Å²) in [6, 6.07) is 2.75. The molecular formula is C22H31F3N3OS+. The molecule has 8 heteroatoms. The van der Waals surface area contributed by atoms with E-state index in [9.17, 15) is 18.0 Å². The highest BCUT2D eigenvalue weighted by atomic mass is 32.2. The molecular weight excluding hydrogens is 411 g/mol. The Morgan fingerprint density at radius 3 is 2.63 bits per heavy atom. The minimum Gasteiger partial charge on any atom is -0.365 e. The Hall–Kier alpha value is -1.28. The van der Waals surface area contributed by atoms with Crippen LogP contribution in [0.4, 0.5) is 18.9 Å². The quantitative estimate of drug-likeness (QED) is 0.511. The Morgan fingerprint density at radius 2 is 2.07 bits per heavy atom. The smallest absolute Gasteiger partial charge is 0.365 e. The van der Waals surface area contributed by atoms with E-state index in [0.29, 0.717) is 23.5 Å². The number of hydrogen-bond donors (Lipinski definition) is 0. The van der Waals surface area contributed by atoms with Crippen molar-refractivity contribution in [3.05, 3.63) is 24.0 Å². The van der Waals surface area contributed by atoms with Crippen LogP contribution in [-0.4, -0.2) is 46.5 Å². The highest BCUT2D eigenvalue weighted by Gasteiger charge is 2.61. The first-order chi connectivity index (χ1) is 14.1. The maximum absolute atomic E-state index is 12.8. The SMILES string of the molecule is CC(C)C1[C@@H]2CC[C@@]1(C[SH+]N1CCN(c3ccc(C(F)(F)F)nc3)[C@@H](C)C1)C(=O)C2. The van der Waals surface area contributed by atoms with Gasteiger partial charge in [-0.15, -0.1) is 4.31 Å². The summed E-state index contributed by atoms with van der Waals surface area (Å²) in [5, 5.41) is 0. The number of carbonyl (C=O) groups is 1. The van der Waals surface area contributed by atoms with Crippen LogP contribution in [0.5, 0.6) is 0 Å². The van der Waals surface area contributed by atoms with E-state index < -0.39 is 11.9 Å². The molecule has 2 aliphatic carbocycles. The fourth-order valence-electron chi connectivity index (χ4n) is 6.09. The van der Waals surface area contributed by atoms with Crippen molar-refractivity contribution in [2.45, 2.75) is 52.3 Å². The van der Waals surface area contributed by atoms with Gasteiger partial charge >= 0.3 is 6.18 Å². The number of hydrogen-bond acceptors (Lipinski definition) is 4. The van der Waals surface area contributed by atoms with Gasteiger partial charge in [0.15, 0.2) is 0 Å². The number of piperazine rings is 1. The number of Topliss-reactive ketones (excluding diaryl/α,β-unsaturated/α-hetero) is 1. The molecule has 0 N–H and O–H groups in total. The molecule has 1 aromatic rings. The molecule has 1 aliphatic heterocycles. The van der Waals surface area contributed by atoms with E-state index >= 15 is 0 Å². The van der Waals surface area contributed by atoms with E-state index in [4.69, 9.17) is 0 Å². The molecule has 4 atom stereocenters. The predicted molar refractivity (Wildman–Crippen MR) is 114 cm³/mol. The fourth-order valence-corrected chi connectivity index (χ4v) is 7.67. The molecule has 0 aromatic carbocycles. The van der Waals surface area contributed by atoms with Crippen molar-refractivity contribution < 1.29 is 18.0 Å². The van der Waals surface area contributed by atoms with Gasteiger partial charge in [-0.25, -0.2) is 4.98 Å². The lowest BCUT2D eigenvalue weighted by molar-refractivity contribution is -0.141. The van der Waals surface area contributed by atoms with E-state index in [1.807, 2.05) is 0 Å². The molecule has 1 aromatic heterocycles. The van der Waals surface area contributed by atoms with Gasteiger partial charge in [-0.2, -0.15) is 13.2 Å². The highest BCUT2D eigenvalue weighted by molar-refractivity contribution is 7.76. The molecule has 3 aliphatic rings. The summed E-state index contributed by atoms with van der Waals surface area (Å²) in [5.74, 6) is 3.04. The third-order valence-corrected chi connectivity index (χ3v) is 8.83. The molecule has 4 nitrogen and oxygen atoms in total. The summed E-state index contributed by atoms with van der Waals surface area (Å²) in [7, 11) is 0. The van der Waals surface area contributed by atoms with E-state index in [0.717, 1.165) is 50.0 Å². The molecule has 4 rings (SSSR count). The Balaban J connectivity index is 1.36. The topological polar surface area (TPSA) is 36.4 Å². The summed E-state index contributed by atoms with van der Waals surface area (Å²) in [4.78, 5) is 18.6. The first-order valence-electron chi connectivity index (χ1n) is 10.9. The summed E-state index contributed by atoms with van der Waals surface area (Å²) in [5.41, 5.74) is -0.251. The predicted octanol–water partition coefficient (Wildman–Crippen LogP) is 3.98. The lowest BCUT2D eigenvalue weighted by Gasteiger charge is -2.38. The van der Waals surface area contributed by atoms with E-state index in [-0.39, 0.29) is 11.5 Å². The first-order valence-corrected chi connectivity index (χ1v) is 11.9. The molecule has 3 fully saturated rings. The molecule has 30 heavy (non-hydrogen) atoms. The van der Waals surface area contributed by atoms with Crippen molar-refractivity contribution in [3.8, 4) is 0 Å². The maximum atomic E-state index is 12.8. The number of anilines is 1. The van der Waals surface area contributed by atoms with Crippen molar-refractivity contribution in [2.75, 3.05) is 30.3 Å². The van der Waals surface area contributed by atoms with E-state index in [1.54, 1.807) is 0 Å². The van der Waals surface area contributed by atoms with Crippen molar-refractivity contribution in [1.82, 2.24) is 9.29 Å². The minimum atomic E-state index is -4.41. The standard InChI is InChI=1S/C22H30F3N3OS/c1-14(2)20-16-6-7-21(20,19(29)10-16)13-30-27-8-9-28(15(3)12-27)17-4-5-18(26-11-17)22(23,24)25/h4-5,11,14-16,20H,6-10,12-13H2,1-3H3/p+1/t15-,16+,20?,21+/m0/s1. The average Bonchev–Trinajstić information content (AvgIpc) is 3.18. The summed E-state index contributed by atoms with van der Waals surface area (Å²) >= 11 is 1.21. The molecule has 2 bridgehead atoms. The zero-order chi connectivity index (χ0) is 21.7. The van der Waals surface area contributed by atoms with E-state index in [2.05, 4.69) is 35.0 Å². The molecule has 0 radical (unpaired) electrons. The van der Waals surface area contributed by atoms with Gasteiger partial charge in [-0.1, -0.05) is 13.8 Å². The second-order valence-corrected chi connectivity index (χ2v) is 10.7. The minimum absolute atomic E-state index is 0.127. The number of alkyl halides is 3. The lowest BCUT2D eigenvalue weighted by Crippen LogP contribution is -2.52. The van der Waals surface area contributed by atoms with Crippen LogP contribution in [0, 0.1) is 23.2 Å². The zero-order valence-corrected chi connectivity index (χ0v) is 18.7. The number of fused-ring (bicyclic) bond motifs is 2. The maximum Gasteiger partial charge on any atom is 0.433 e. The third kappa shape index (κ3) is 3.85. The zero-order valence-electron chi connectivity index (χ0n) is 17.8. The van der Waals surface area contributed by atoms with Crippen molar-refractivity contribution in [1.29, 1.82) is 0 Å². The van der Waals surface area contributed by atoms with Crippen molar-refractivity contribution in [3.63, 3.8) is 0 Å². The van der Waals surface area contributed by atoms with Gasteiger partial charge in [0.1, 0.15) is 17.2 Å². The van der Waals surface area contributed by atoms with Crippen LogP contribution in [0.2, 0.25) is 0 Å². The summed E-state index contributed by atoms with van der Waals surface area (Å²) in [6.07, 6.45) is -0.0849. The van der Waals surface area contributed by atoms with Crippen LogP contribution in [0.1, 0.15) is 45.7 Å². The number of thiol groups is 1. The Labute approximate surface area is 180 Å². The monoisotopic (exact) mass is 442 g/mol. The normalized spacial score (nSPS) is 32.4. The van der Waals surface area contributed by atoms with E-state index in [1.165, 1.54) is 30.6 Å². The van der Waals surface area contributed by atoms with Gasteiger partial charge in [-0.05, 0) is 49.7 Å². The average molecular weight is 443 g/mol. The van der Waals surface area contributed by atoms with Gasteiger partial charge < -0.3 is 4.90 Å². The lowest BCUT2D eigenvalue weighted by atomic mass is 9.75. The molecule has 0 spiro atoms. The number of nitrogens with zero attached hydrogens (tertiary/aromatic N) is 3. The Bertz CT molecular complexity index is 785. The molecule has 166 valence electrons. The second-order valence-electron chi connectivity index (χ2n) is 9.51. The molecule has 1 unspecified atom stereocenters. The Kier molecular flexibility index (Phi) is 5.85. The van der Waals surface area contributed by atoms with Gasteiger partial charge in [0.05, 0.1) is 42.3 Å². The Morgan fingerprint density at radius 1 is 1.30 bits per heavy atom. The fraction of sp³-hybridized carbons (Fsp3) is 0.727. The third-order valence-electron chi connectivity index (χ3n) is 7.36. The number of aromatic nitrogens is 1. The second kappa shape index (κ2) is 8.01. The highest BCUT2D eigenvalue weighted by Crippen LogP contribution is 2.59. The number of ketones is 1. The first kappa shape index (κ1) is 21.9. The number of carbonyl (C=O) groups excluding carboxylic acids is 1. The van der Waals surface area contributed by atoms with Gasteiger partial charge in [-0.3, -0.25) is 4.79 Å². The van der Waals surface area contributed by atoms with Crippen LogP contribution in [0.3, 0.4) is 0 Å². The van der Waals surface area contributed by atoms with Gasteiger partial charge in [0.25, 0.3) is 0 Å². The van der Waals surface area contributed by atoms with Crippen LogP contribution in [0.25, 0.3) is 0 Å². The number of halogens is 3. The molecule has 1 saturated heterocycles. The van der Waals surface area contributed by atoms with Crippen LogP contribution in [0.15, 0.2) is 18.3 Å². The van der Waals surface area contributed by atoms with Crippen molar-refractivity contribution >= 4 is 23.4 Å². The number of pyridine rings is 1. The largest absolute Gasteiger partial charge is 0.433 e. The van der Waals surface area contributed by atoms with Gasteiger partial charge in [0.2, 0.25) is 0 Å². The molecule has 0 amide bonds. The van der Waals surface area contributed by atoms with Gasteiger partial charge in [0, 0.05) is 19.0 Å².